The van der Waals surface area contributed by atoms with Gasteiger partial charge in [-0.1, -0.05) is 12.2 Å². The number of nitrogens with two attached hydrogens (primary N) is 2. The molecule has 0 aliphatic heterocycles. The van der Waals surface area contributed by atoms with Crippen LogP contribution in [0.4, 0.5) is 0 Å². The number of hydrogen-bond donors (Lipinski definition) is 2. The summed E-state index contributed by atoms with van der Waals surface area (Å²) in [5, 5.41) is 0. The zero-order valence-corrected chi connectivity index (χ0v) is 7.29. The molecular weight excluding hydrogens is 148 g/mol. The van der Waals surface area contributed by atoms with Crippen LogP contribution in [0.2, 0.25) is 0 Å². The van der Waals surface area contributed by atoms with Gasteiger partial charge in [0.1, 0.15) is 0 Å². The van der Waals surface area contributed by atoms with E-state index in [4.69, 9.17) is 11.5 Å². The summed E-state index contributed by atoms with van der Waals surface area (Å²) in [7, 11) is 0. The Morgan fingerprint density at radius 1 is 1.17 bits per heavy atom. The molecule has 2 aliphatic rings. The van der Waals surface area contributed by atoms with Crippen molar-refractivity contribution in [3.8, 4) is 0 Å². The Balaban J connectivity index is 2.29. The van der Waals surface area contributed by atoms with Gasteiger partial charge in [-0.15, -0.1) is 0 Å². The van der Waals surface area contributed by atoms with Gasteiger partial charge in [-0.05, 0) is 31.3 Å². The molecule has 0 aromatic rings. The van der Waals surface area contributed by atoms with Gasteiger partial charge >= 0.3 is 0 Å². The Labute approximate surface area is 73.3 Å². The quantitative estimate of drug-likeness (QED) is 0.566. The second-order valence-electron chi connectivity index (χ2n) is 3.74. The van der Waals surface area contributed by atoms with Crippen molar-refractivity contribution >= 4 is 0 Å². The topological polar surface area (TPSA) is 52.0 Å². The predicted octanol–water partition coefficient (Wildman–Crippen LogP) is 1.29. The molecule has 66 valence electrons. The van der Waals surface area contributed by atoms with E-state index in [9.17, 15) is 0 Å². The molecule has 0 aromatic carbocycles. The van der Waals surface area contributed by atoms with Crippen LogP contribution in [-0.4, -0.2) is 6.04 Å². The van der Waals surface area contributed by atoms with Gasteiger partial charge < -0.3 is 11.5 Å². The smallest absolute Gasteiger partial charge is 0.0306 e. The van der Waals surface area contributed by atoms with Gasteiger partial charge in [-0.3, -0.25) is 0 Å². The highest BCUT2D eigenvalue weighted by Gasteiger charge is 2.27. The standard InChI is InChI=1S/C10H16N2/c11-9-5-1-3-7-8(9)4-2-6-10(7)12/h3,6,8-9H,1-2,4-5,11-12H2. The van der Waals surface area contributed by atoms with Crippen molar-refractivity contribution < 1.29 is 0 Å². The average molecular weight is 164 g/mol. The second-order valence-corrected chi connectivity index (χ2v) is 3.74. The number of allylic oxidation sites excluding steroid dienone is 3. The Hall–Kier alpha value is -0.760. The minimum absolute atomic E-state index is 0.345. The first-order chi connectivity index (χ1) is 5.79. The molecule has 2 atom stereocenters. The largest absolute Gasteiger partial charge is 0.399 e. The van der Waals surface area contributed by atoms with E-state index in [2.05, 4.69) is 12.2 Å². The molecular formula is C10H16N2. The third kappa shape index (κ3) is 1.16. The second kappa shape index (κ2) is 2.94. The molecule has 4 N–H and O–H groups in total. The Morgan fingerprint density at radius 2 is 1.92 bits per heavy atom. The lowest BCUT2D eigenvalue weighted by molar-refractivity contribution is 0.406. The van der Waals surface area contributed by atoms with Crippen LogP contribution in [0.3, 0.4) is 0 Å². The van der Waals surface area contributed by atoms with Gasteiger partial charge in [0.25, 0.3) is 0 Å². The van der Waals surface area contributed by atoms with Crippen LogP contribution in [0.25, 0.3) is 0 Å². The van der Waals surface area contributed by atoms with Crippen LogP contribution in [0.15, 0.2) is 23.4 Å². The molecule has 0 amide bonds. The summed E-state index contributed by atoms with van der Waals surface area (Å²) in [6.07, 6.45) is 8.90. The van der Waals surface area contributed by atoms with Crippen molar-refractivity contribution in [2.45, 2.75) is 31.7 Å². The van der Waals surface area contributed by atoms with E-state index in [-0.39, 0.29) is 0 Å². The minimum Gasteiger partial charge on any atom is -0.399 e. The van der Waals surface area contributed by atoms with Gasteiger partial charge in [0.2, 0.25) is 0 Å². The molecule has 2 heteroatoms. The first kappa shape index (κ1) is 7.87. The lowest BCUT2D eigenvalue weighted by Gasteiger charge is -2.32. The summed E-state index contributed by atoms with van der Waals surface area (Å²) in [4.78, 5) is 0. The van der Waals surface area contributed by atoms with Crippen molar-refractivity contribution in [3.05, 3.63) is 23.4 Å². The molecule has 12 heavy (non-hydrogen) atoms. The summed E-state index contributed by atoms with van der Waals surface area (Å²) in [5.41, 5.74) is 14.2. The molecule has 0 bridgehead atoms. The highest BCUT2D eigenvalue weighted by Crippen LogP contribution is 2.34. The van der Waals surface area contributed by atoms with E-state index in [1.807, 2.05) is 0 Å². The maximum Gasteiger partial charge on any atom is 0.0306 e. The zero-order chi connectivity index (χ0) is 8.55. The van der Waals surface area contributed by atoms with Crippen molar-refractivity contribution in [2.75, 3.05) is 0 Å². The Kier molecular flexibility index (Phi) is 1.93. The molecule has 2 aliphatic carbocycles. The van der Waals surface area contributed by atoms with E-state index in [1.54, 1.807) is 0 Å². The van der Waals surface area contributed by atoms with E-state index >= 15 is 0 Å². The van der Waals surface area contributed by atoms with Crippen LogP contribution in [-0.2, 0) is 0 Å². The van der Waals surface area contributed by atoms with Crippen LogP contribution in [0, 0.1) is 5.92 Å². The molecule has 2 unspecified atom stereocenters. The van der Waals surface area contributed by atoms with Crippen LogP contribution in [0.5, 0.6) is 0 Å². The molecule has 0 heterocycles. The fourth-order valence-electron chi connectivity index (χ4n) is 2.25. The van der Waals surface area contributed by atoms with E-state index in [0.29, 0.717) is 12.0 Å². The molecule has 0 radical (unpaired) electrons. The normalized spacial score (nSPS) is 35.1. The van der Waals surface area contributed by atoms with Crippen LogP contribution >= 0.6 is 0 Å². The third-order valence-electron chi connectivity index (χ3n) is 2.96. The third-order valence-corrected chi connectivity index (χ3v) is 2.96. The number of hydrogen-bond acceptors (Lipinski definition) is 2. The fourth-order valence-corrected chi connectivity index (χ4v) is 2.25. The van der Waals surface area contributed by atoms with Gasteiger partial charge in [-0.2, -0.15) is 0 Å². The molecule has 0 saturated heterocycles. The summed E-state index contributed by atoms with van der Waals surface area (Å²) in [5.74, 6) is 0.545. The molecule has 0 spiro atoms. The molecule has 0 fully saturated rings. The van der Waals surface area contributed by atoms with Crippen LogP contribution in [0.1, 0.15) is 25.7 Å². The molecule has 0 aromatic heterocycles. The van der Waals surface area contributed by atoms with E-state index in [1.165, 1.54) is 12.0 Å². The fraction of sp³-hybridized carbons (Fsp3) is 0.600. The predicted molar refractivity (Wildman–Crippen MR) is 50.3 cm³/mol. The number of fused-ring (bicyclic) bond motifs is 1. The summed E-state index contributed by atoms with van der Waals surface area (Å²) < 4.78 is 0. The van der Waals surface area contributed by atoms with Crippen LogP contribution < -0.4 is 11.5 Å². The highest BCUT2D eigenvalue weighted by molar-refractivity contribution is 5.35. The molecule has 2 nitrogen and oxygen atoms in total. The first-order valence-corrected chi connectivity index (χ1v) is 4.70. The number of rotatable bonds is 0. The molecule has 2 rings (SSSR count). The summed E-state index contributed by atoms with van der Waals surface area (Å²) in [6.45, 7) is 0. The van der Waals surface area contributed by atoms with E-state index in [0.717, 1.165) is 25.0 Å². The Morgan fingerprint density at radius 3 is 2.67 bits per heavy atom. The van der Waals surface area contributed by atoms with Crippen molar-refractivity contribution in [1.82, 2.24) is 0 Å². The average Bonchev–Trinajstić information content (AvgIpc) is 2.07. The summed E-state index contributed by atoms with van der Waals surface area (Å²) >= 11 is 0. The van der Waals surface area contributed by atoms with Crippen molar-refractivity contribution in [3.63, 3.8) is 0 Å². The minimum atomic E-state index is 0.345. The van der Waals surface area contributed by atoms with Crippen molar-refractivity contribution in [2.24, 2.45) is 17.4 Å². The maximum atomic E-state index is 6.03. The lowest BCUT2D eigenvalue weighted by Crippen LogP contribution is -2.36. The van der Waals surface area contributed by atoms with Gasteiger partial charge in [0.05, 0.1) is 0 Å². The lowest BCUT2D eigenvalue weighted by atomic mass is 9.77. The Bertz CT molecular complexity index is 240. The van der Waals surface area contributed by atoms with Gasteiger partial charge in [0, 0.05) is 17.7 Å². The maximum absolute atomic E-state index is 6.03. The van der Waals surface area contributed by atoms with Gasteiger partial charge in [-0.25, -0.2) is 0 Å². The SMILES string of the molecule is NC1=CCCC2C1=CCCC2N. The van der Waals surface area contributed by atoms with E-state index < -0.39 is 0 Å². The monoisotopic (exact) mass is 164 g/mol. The first-order valence-electron chi connectivity index (χ1n) is 4.70. The summed E-state index contributed by atoms with van der Waals surface area (Å²) in [6, 6.07) is 0.345. The van der Waals surface area contributed by atoms with Crippen molar-refractivity contribution in [1.29, 1.82) is 0 Å². The molecule has 0 saturated carbocycles. The van der Waals surface area contributed by atoms with Gasteiger partial charge in [0.15, 0.2) is 0 Å². The highest BCUT2D eigenvalue weighted by atomic mass is 14.7. The zero-order valence-electron chi connectivity index (χ0n) is 7.29.